The zero-order chi connectivity index (χ0) is 31.2. The number of nitrogens with zero attached hydrogens (tertiary/aromatic N) is 3. The maximum Gasteiger partial charge on any atom is 0.425 e. The monoisotopic (exact) mass is 608 g/mol. The number of aryl methyl sites for hydroxylation is 1. The van der Waals surface area contributed by atoms with Crippen molar-refractivity contribution in [2.24, 2.45) is 0 Å². The van der Waals surface area contributed by atoms with Crippen molar-refractivity contribution in [3.63, 3.8) is 0 Å². The van der Waals surface area contributed by atoms with E-state index >= 15 is 0 Å². The molecule has 2 amide bonds. The smallest absolute Gasteiger partial charge is 0.425 e. The van der Waals surface area contributed by atoms with Gasteiger partial charge < -0.3 is 24.6 Å². The van der Waals surface area contributed by atoms with E-state index in [9.17, 15) is 27.9 Å². The Labute approximate surface area is 248 Å². The Hall–Kier alpha value is -3.57. The Balaban J connectivity index is 1.70. The van der Waals surface area contributed by atoms with Gasteiger partial charge in [-0.2, -0.15) is 13.2 Å². The first-order valence-corrected chi connectivity index (χ1v) is 14.0. The van der Waals surface area contributed by atoms with Crippen LogP contribution in [0.15, 0.2) is 48.7 Å². The third kappa shape index (κ3) is 8.25. The Morgan fingerprint density at radius 2 is 1.83 bits per heavy atom. The first kappa shape index (κ1) is 32.9. The molecular weight excluding hydrogens is 573 g/mol. The number of rotatable bonds is 12. The van der Waals surface area contributed by atoms with Gasteiger partial charge >= 0.3 is 6.18 Å². The van der Waals surface area contributed by atoms with Crippen LogP contribution in [0.5, 0.6) is 5.75 Å². The molecule has 3 unspecified atom stereocenters. The molecule has 3 rings (SSSR count). The lowest BCUT2D eigenvalue weighted by molar-refractivity contribution is -0.189. The topological polar surface area (TPSA) is 96.7 Å². The van der Waals surface area contributed by atoms with Gasteiger partial charge in [-0.1, -0.05) is 35.9 Å². The Bertz CT molecular complexity index is 1380. The van der Waals surface area contributed by atoms with E-state index in [1.54, 1.807) is 11.9 Å². The van der Waals surface area contributed by atoms with Crippen LogP contribution in [0.4, 0.5) is 13.2 Å². The van der Waals surface area contributed by atoms with Crippen molar-refractivity contribution in [1.29, 1.82) is 0 Å². The number of alkyl halides is 3. The molecule has 0 aliphatic rings. The van der Waals surface area contributed by atoms with Gasteiger partial charge in [0.2, 0.25) is 5.91 Å². The van der Waals surface area contributed by atoms with Crippen LogP contribution in [-0.2, 0) is 17.8 Å². The standard InChI is InChI=1S/C30H36ClF3N4O4/c1-6-38-17-26(36-28(38)18(2)37(5)20(4)40)22-9-7-21(8-10-22)15-24(13-14-39)35-29(41)23-11-12-27(25(31)16-23)42-19(3)30(32,33)34/h7-12,16-19,24,39H,6,13-15H2,1-5H3,(H,35,41). The lowest BCUT2D eigenvalue weighted by Gasteiger charge is -2.23. The van der Waals surface area contributed by atoms with Gasteiger partial charge in [-0.05, 0) is 57.4 Å². The number of hydrogen-bond donors (Lipinski definition) is 2. The second-order valence-electron chi connectivity index (χ2n) is 10.1. The van der Waals surface area contributed by atoms with Crippen LogP contribution in [0.2, 0.25) is 5.02 Å². The molecule has 0 aliphatic heterocycles. The Morgan fingerprint density at radius 1 is 1.17 bits per heavy atom. The minimum Gasteiger partial charge on any atom is -0.480 e. The molecule has 0 aliphatic carbocycles. The van der Waals surface area contributed by atoms with Crippen molar-refractivity contribution < 1.29 is 32.6 Å². The van der Waals surface area contributed by atoms with Gasteiger partial charge in [0.15, 0.2) is 6.10 Å². The molecule has 1 aromatic heterocycles. The molecular formula is C30H36ClF3N4O4. The highest BCUT2D eigenvalue weighted by Gasteiger charge is 2.38. The highest BCUT2D eigenvalue weighted by atomic mass is 35.5. The SMILES string of the molecule is CCn1cc(-c2ccc(CC(CCO)NC(=O)c3ccc(OC(C)C(F)(F)F)c(Cl)c3)cc2)nc1C(C)N(C)C(C)=O. The fourth-order valence-electron chi connectivity index (χ4n) is 4.34. The highest BCUT2D eigenvalue weighted by molar-refractivity contribution is 6.32. The van der Waals surface area contributed by atoms with E-state index in [0.717, 1.165) is 29.6 Å². The second-order valence-corrected chi connectivity index (χ2v) is 10.5. The molecule has 0 radical (unpaired) electrons. The summed E-state index contributed by atoms with van der Waals surface area (Å²) in [5.41, 5.74) is 2.73. The van der Waals surface area contributed by atoms with Gasteiger partial charge in [-0.25, -0.2) is 4.98 Å². The molecule has 1 heterocycles. The minimum atomic E-state index is -4.55. The van der Waals surface area contributed by atoms with E-state index < -0.39 is 24.2 Å². The lowest BCUT2D eigenvalue weighted by Crippen LogP contribution is -2.37. The number of aliphatic hydroxyl groups excluding tert-OH is 1. The molecule has 0 bridgehead atoms. The van der Waals surface area contributed by atoms with Crippen molar-refractivity contribution in [3.05, 3.63) is 70.6 Å². The third-order valence-electron chi connectivity index (χ3n) is 7.10. The molecule has 3 aromatic rings. The molecule has 42 heavy (non-hydrogen) atoms. The molecule has 0 saturated heterocycles. The number of ether oxygens (including phenoxy) is 1. The van der Waals surface area contributed by atoms with Crippen LogP contribution in [0.25, 0.3) is 11.3 Å². The first-order valence-electron chi connectivity index (χ1n) is 13.6. The molecule has 2 aromatic carbocycles. The quantitative estimate of drug-likeness (QED) is 0.270. The summed E-state index contributed by atoms with van der Waals surface area (Å²) in [5.74, 6) is 0.0776. The van der Waals surface area contributed by atoms with Crippen molar-refractivity contribution in [2.45, 2.75) is 71.4 Å². The van der Waals surface area contributed by atoms with Gasteiger partial charge in [0.1, 0.15) is 11.6 Å². The summed E-state index contributed by atoms with van der Waals surface area (Å²) in [4.78, 5) is 31.2. The largest absolute Gasteiger partial charge is 0.480 e. The number of nitrogens with one attached hydrogen (secondary N) is 1. The number of benzene rings is 2. The third-order valence-corrected chi connectivity index (χ3v) is 7.40. The number of carbonyl (C=O) groups is 2. The summed E-state index contributed by atoms with van der Waals surface area (Å²) >= 11 is 6.09. The summed E-state index contributed by atoms with van der Waals surface area (Å²) in [7, 11) is 1.74. The van der Waals surface area contributed by atoms with Crippen LogP contribution in [0.1, 0.15) is 61.9 Å². The van der Waals surface area contributed by atoms with Gasteiger partial charge in [0.05, 0.1) is 16.8 Å². The lowest BCUT2D eigenvalue weighted by atomic mass is 10.0. The van der Waals surface area contributed by atoms with E-state index in [1.807, 2.05) is 48.9 Å². The highest BCUT2D eigenvalue weighted by Crippen LogP contribution is 2.31. The fourth-order valence-corrected chi connectivity index (χ4v) is 4.57. The number of carbonyl (C=O) groups excluding carboxylic acids is 2. The van der Waals surface area contributed by atoms with E-state index in [4.69, 9.17) is 21.3 Å². The van der Waals surface area contributed by atoms with Crippen molar-refractivity contribution in [1.82, 2.24) is 19.8 Å². The number of aliphatic hydroxyl groups is 1. The molecule has 3 atom stereocenters. The van der Waals surface area contributed by atoms with Crippen LogP contribution < -0.4 is 10.1 Å². The maximum absolute atomic E-state index is 12.9. The molecule has 0 saturated carbocycles. The first-order chi connectivity index (χ1) is 19.7. The number of amides is 2. The van der Waals surface area contributed by atoms with Crippen molar-refractivity contribution in [3.8, 4) is 17.0 Å². The van der Waals surface area contributed by atoms with E-state index in [1.165, 1.54) is 25.1 Å². The number of aromatic nitrogens is 2. The molecule has 228 valence electrons. The molecule has 0 fully saturated rings. The minimum absolute atomic E-state index is 0.0479. The summed E-state index contributed by atoms with van der Waals surface area (Å²) in [5, 5.41) is 12.3. The van der Waals surface area contributed by atoms with Gasteiger partial charge in [0, 0.05) is 50.5 Å². The van der Waals surface area contributed by atoms with Gasteiger partial charge in [-0.3, -0.25) is 9.59 Å². The normalized spacial score (nSPS) is 13.8. The predicted molar refractivity (Wildman–Crippen MR) is 154 cm³/mol. The summed E-state index contributed by atoms with van der Waals surface area (Å²) in [6.07, 6.45) is -3.94. The van der Waals surface area contributed by atoms with Crippen LogP contribution in [0, 0.1) is 0 Å². The summed E-state index contributed by atoms with van der Waals surface area (Å²) in [6.45, 7) is 6.88. The second kappa shape index (κ2) is 14.1. The van der Waals surface area contributed by atoms with Crippen LogP contribution in [-0.4, -0.2) is 63.3 Å². The Kier molecular flexibility index (Phi) is 11.0. The number of halogens is 4. The Morgan fingerprint density at radius 3 is 2.38 bits per heavy atom. The van der Waals surface area contributed by atoms with Crippen LogP contribution in [0.3, 0.4) is 0 Å². The number of hydrogen-bond acceptors (Lipinski definition) is 5. The molecule has 12 heteroatoms. The fraction of sp³-hybridized carbons (Fsp3) is 0.433. The van der Waals surface area contributed by atoms with Crippen molar-refractivity contribution in [2.75, 3.05) is 13.7 Å². The molecule has 0 spiro atoms. The van der Waals surface area contributed by atoms with Crippen molar-refractivity contribution >= 4 is 23.4 Å². The van der Waals surface area contributed by atoms with Gasteiger partial charge in [0.25, 0.3) is 5.91 Å². The average molecular weight is 609 g/mol. The predicted octanol–water partition coefficient (Wildman–Crippen LogP) is 5.82. The summed E-state index contributed by atoms with van der Waals surface area (Å²) in [6, 6.07) is 10.9. The maximum atomic E-state index is 12.9. The zero-order valence-electron chi connectivity index (χ0n) is 24.2. The van der Waals surface area contributed by atoms with Crippen LogP contribution >= 0.6 is 11.6 Å². The number of imidazole rings is 1. The van der Waals surface area contributed by atoms with Gasteiger partial charge in [-0.15, -0.1) is 0 Å². The summed E-state index contributed by atoms with van der Waals surface area (Å²) < 4.78 is 45.4. The molecule has 2 N–H and O–H groups in total. The zero-order valence-corrected chi connectivity index (χ0v) is 25.0. The van der Waals surface area contributed by atoms with E-state index in [2.05, 4.69) is 5.32 Å². The van der Waals surface area contributed by atoms with E-state index in [-0.39, 0.29) is 41.3 Å². The average Bonchev–Trinajstić information content (AvgIpc) is 3.37. The van der Waals surface area contributed by atoms with E-state index in [0.29, 0.717) is 13.0 Å². The molecule has 8 nitrogen and oxygen atoms in total.